The van der Waals surface area contributed by atoms with E-state index in [9.17, 15) is 5.11 Å². The summed E-state index contributed by atoms with van der Waals surface area (Å²) >= 11 is 2.34. The Labute approximate surface area is 146 Å². The van der Waals surface area contributed by atoms with Crippen molar-refractivity contribution in [3.63, 3.8) is 0 Å². The first-order valence-corrected chi connectivity index (χ1v) is 12.3. The zero-order valence-corrected chi connectivity index (χ0v) is 17.8. The molecular formula is C17H33IO2Si. The summed E-state index contributed by atoms with van der Waals surface area (Å²) in [6.45, 7) is 13.8. The van der Waals surface area contributed by atoms with Crippen LogP contribution in [0.15, 0.2) is 9.15 Å². The highest BCUT2D eigenvalue weighted by Gasteiger charge is 2.38. The van der Waals surface area contributed by atoms with Crippen LogP contribution in [-0.4, -0.2) is 25.6 Å². The van der Waals surface area contributed by atoms with E-state index in [1.54, 1.807) is 0 Å². The van der Waals surface area contributed by atoms with Crippen LogP contribution in [0.3, 0.4) is 0 Å². The molecule has 0 amide bonds. The number of hydrogen-bond donors (Lipinski definition) is 1. The highest BCUT2D eigenvalue weighted by atomic mass is 127. The summed E-state index contributed by atoms with van der Waals surface area (Å²) in [5.74, 6) is 0. The van der Waals surface area contributed by atoms with E-state index in [2.05, 4.69) is 63.4 Å². The average molecular weight is 424 g/mol. The highest BCUT2D eigenvalue weighted by Crippen LogP contribution is 2.38. The first-order chi connectivity index (χ1) is 9.54. The third kappa shape index (κ3) is 5.96. The van der Waals surface area contributed by atoms with E-state index in [1.165, 1.54) is 22.0 Å². The standard InChI is InChI=1S/C17H33IO2Si/c1-13(20-21(5,6)17(2,3)4)9-7-10-14-11-8-12-15(19)16(14)18/h13,15,19H,7-12H2,1-6H3/t13-,15-/m0/s1. The molecule has 1 aliphatic rings. The largest absolute Gasteiger partial charge is 0.414 e. The lowest BCUT2D eigenvalue weighted by Crippen LogP contribution is -2.43. The number of rotatable bonds is 6. The van der Waals surface area contributed by atoms with Crippen LogP contribution < -0.4 is 0 Å². The third-order valence-electron chi connectivity index (χ3n) is 4.98. The molecule has 0 aromatic rings. The van der Waals surface area contributed by atoms with Gasteiger partial charge < -0.3 is 9.53 Å². The molecule has 0 spiro atoms. The van der Waals surface area contributed by atoms with Gasteiger partial charge in [0.2, 0.25) is 0 Å². The van der Waals surface area contributed by atoms with Gasteiger partial charge in [-0.3, -0.25) is 0 Å². The number of aliphatic hydroxyl groups is 1. The maximum Gasteiger partial charge on any atom is 0.192 e. The Bertz CT molecular complexity index is 371. The lowest BCUT2D eigenvalue weighted by Gasteiger charge is -2.38. The zero-order valence-electron chi connectivity index (χ0n) is 14.6. The van der Waals surface area contributed by atoms with Crippen molar-refractivity contribution in [3.8, 4) is 0 Å². The SMILES string of the molecule is C[C@@H](CCCC1=C(I)[C@@H](O)CCC1)O[Si](C)(C)C(C)(C)C. The fourth-order valence-corrected chi connectivity index (χ4v) is 4.90. The summed E-state index contributed by atoms with van der Waals surface area (Å²) < 4.78 is 7.62. The maximum absolute atomic E-state index is 9.91. The van der Waals surface area contributed by atoms with Gasteiger partial charge in [-0.05, 0) is 86.2 Å². The molecular weight excluding hydrogens is 391 g/mol. The Balaban J connectivity index is 2.41. The maximum atomic E-state index is 9.91. The minimum atomic E-state index is -1.64. The second kappa shape index (κ2) is 7.93. The highest BCUT2D eigenvalue weighted by molar-refractivity contribution is 14.1. The quantitative estimate of drug-likeness (QED) is 0.431. The summed E-state index contributed by atoms with van der Waals surface area (Å²) in [6.07, 6.45) is 6.81. The van der Waals surface area contributed by atoms with Crippen LogP contribution in [-0.2, 0) is 4.43 Å². The summed E-state index contributed by atoms with van der Waals surface area (Å²) in [5.41, 5.74) is 1.48. The summed E-state index contributed by atoms with van der Waals surface area (Å²) in [5, 5.41) is 10.2. The van der Waals surface area contributed by atoms with Gasteiger partial charge in [-0.25, -0.2) is 0 Å². The van der Waals surface area contributed by atoms with E-state index in [0.717, 1.165) is 25.7 Å². The van der Waals surface area contributed by atoms with Crippen molar-refractivity contribution in [2.75, 3.05) is 0 Å². The minimum Gasteiger partial charge on any atom is -0.414 e. The lowest BCUT2D eigenvalue weighted by atomic mass is 9.93. The van der Waals surface area contributed by atoms with Gasteiger partial charge >= 0.3 is 0 Å². The Hall–Kier alpha value is 0.607. The predicted molar refractivity (Wildman–Crippen MR) is 102 cm³/mol. The molecule has 0 aromatic carbocycles. The molecule has 0 fully saturated rings. The number of allylic oxidation sites excluding steroid dienone is 1. The van der Waals surface area contributed by atoms with E-state index in [1.807, 2.05) is 0 Å². The van der Waals surface area contributed by atoms with Crippen molar-refractivity contribution >= 4 is 30.9 Å². The van der Waals surface area contributed by atoms with Gasteiger partial charge in [0.15, 0.2) is 8.32 Å². The lowest BCUT2D eigenvalue weighted by molar-refractivity contribution is 0.185. The van der Waals surface area contributed by atoms with Crippen molar-refractivity contribution in [2.45, 2.75) is 96.6 Å². The molecule has 0 radical (unpaired) electrons. The molecule has 0 unspecified atom stereocenters. The van der Waals surface area contributed by atoms with E-state index in [0.29, 0.717) is 6.10 Å². The normalized spacial score (nSPS) is 22.6. The molecule has 0 heterocycles. The molecule has 124 valence electrons. The summed E-state index contributed by atoms with van der Waals surface area (Å²) in [7, 11) is -1.64. The average Bonchev–Trinajstić information content (AvgIpc) is 2.32. The Morgan fingerprint density at radius 3 is 2.57 bits per heavy atom. The second-order valence-corrected chi connectivity index (χ2v) is 13.9. The van der Waals surface area contributed by atoms with E-state index >= 15 is 0 Å². The van der Waals surface area contributed by atoms with Crippen molar-refractivity contribution in [2.24, 2.45) is 0 Å². The summed E-state index contributed by atoms with van der Waals surface area (Å²) in [4.78, 5) is 0. The topological polar surface area (TPSA) is 29.5 Å². The van der Waals surface area contributed by atoms with Crippen LogP contribution in [0.25, 0.3) is 0 Å². The smallest absolute Gasteiger partial charge is 0.192 e. The van der Waals surface area contributed by atoms with Crippen LogP contribution in [0.2, 0.25) is 18.1 Å². The molecule has 1 aliphatic carbocycles. The zero-order chi connectivity index (χ0) is 16.3. The van der Waals surface area contributed by atoms with Crippen molar-refractivity contribution < 1.29 is 9.53 Å². The summed E-state index contributed by atoms with van der Waals surface area (Å²) in [6, 6.07) is 0. The number of halogens is 1. The van der Waals surface area contributed by atoms with E-state index < -0.39 is 8.32 Å². The van der Waals surface area contributed by atoms with Crippen molar-refractivity contribution in [1.29, 1.82) is 0 Å². The first-order valence-electron chi connectivity index (χ1n) is 8.28. The van der Waals surface area contributed by atoms with Gasteiger partial charge in [-0.2, -0.15) is 0 Å². The molecule has 0 saturated carbocycles. The van der Waals surface area contributed by atoms with Crippen molar-refractivity contribution in [3.05, 3.63) is 9.15 Å². The predicted octanol–water partition coefficient (Wildman–Crippen LogP) is 5.80. The fraction of sp³-hybridized carbons (Fsp3) is 0.882. The molecule has 0 aromatic heterocycles. The third-order valence-corrected chi connectivity index (χ3v) is 11.1. The molecule has 0 aliphatic heterocycles. The monoisotopic (exact) mass is 424 g/mol. The van der Waals surface area contributed by atoms with Crippen molar-refractivity contribution in [1.82, 2.24) is 0 Å². The Morgan fingerprint density at radius 1 is 1.38 bits per heavy atom. The van der Waals surface area contributed by atoms with Crippen LogP contribution >= 0.6 is 22.6 Å². The Kier molecular flexibility index (Phi) is 7.42. The fourth-order valence-electron chi connectivity index (χ4n) is 2.58. The molecule has 1 N–H and O–H groups in total. The van der Waals surface area contributed by atoms with Crippen LogP contribution in [0.1, 0.15) is 66.2 Å². The van der Waals surface area contributed by atoms with E-state index in [4.69, 9.17) is 4.43 Å². The van der Waals surface area contributed by atoms with E-state index in [-0.39, 0.29) is 11.1 Å². The van der Waals surface area contributed by atoms with Gasteiger partial charge in [-0.1, -0.05) is 26.3 Å². The van der Waals surface area contributed by atoms with Crippen LogP contribution in [0.5, 0.6) is 0 Å². The first kappa shape index (κ1) is 19.7. The molecule has 0 saturated heterocycles. The van der Waals surface area contributed by atoms with Crippen LogP contribution in [0, 0.1) is 0 Å². The van der Waals surface area contributed by atoms with Gasteiger partial charge in [-0.15, -0.1) is 0 Å². The van der Waals surface area contributed by atoms with Gasteiger partial charge in [0, 0.05) is 9.68 Å². The van der Waals surface area contributed by atoms with Gasteiger partial charge in [0.25, 0.3) is 0 Å². The second-order valence-electron chi connectivity index (χ2n) is 7.94. The molecule has 0 bridgehead atoms. The molecule has 1 rings (SSSR count). The molecule has 2 nitrogen and oxygen atoms in total. The van der Waals surface area contributed by atoms with Crippen LogP contribution in [0.4, 0.5) is 0 Å². The molecule has 4 heteroatoms. The Morgan fingerprint density at radius 2 is 2.00 bits per heavy atom. The van der Waals surface area contributed by atoms with Gasteiger partial charge in [0.05, 0.1) is 6.10 Å². The van der Waals surface area contributed by atoms with Gasteiger partial charge in [0.1, 0.15) is 0 Å². The number of hydrogen-bond acceptors (Lipinski definition) is 2. The number of aliphatic hydroxyl groups excluding tert-OH is 1. The molecule has 21 heavy (non-hydrogen) atoms. The molecule has 2 atom stereocenters. The minimum absolute atomic E-state index is 0.199.